The number of hydrogen-bond donors (Lipinski definition) is 3. The van der Waals surface area contributed by atoms with Crippen molar-refractivity contribution < 1.29 is 18.3 Å². The molecular weight excluding hydrogens is 286 g/mol. The number of nitrogens with zero attached hydrogens (tertiary/aromatic N) is 3. The average molecular weight is 295 g/mol. The molecule has 20 heavy (non-hydrogen) atoms. The lowest BCUT2D eigenvalue weighted by Crippen LogP contribution is -2.18. The molecule has 0 amide bonds. The third-order valence-electron chi connectivity index (χ3n) is 2.23. The second-order valence-corrected chi connectivity index (χ2v) is 5.28. The van der Waals surface area contributed by atoms with Crippen LogP contribution in [0.5, 0.6) is 0 Å². The quantitative estimate of drug-likeness (QED) is 0.665. The van der Waals surface area contributed by atoms with E-state index < -0.39 is 26.5 Å². The van der Waals surface area contributed by atoms with E-state index in [1.807, 2.05) is 4.72 Å². The van der Waals surface area contributed by atoms with Gasteiger partial charge in [-0.2, -0.15) is 5.10 Å². The number of aromatic carboxylic acids is 1. The highest BCUT2D eigenvalue weighted by Gasteiger charge is 2.23. The molecule has 0 aliphatic heterocycles. The topological polar surface area (TPSA) is 148 Å². The Morgan fingerprint density at radius 3 is 2.65 bits per heavy atom. The number of nitrogens with one attached hydrogen (secondary N) is 1. The summed E-state index contributed by atoms with van der Waals surface area (Å²) in [4.78, 5) is 14.2. The molecule has 0 bridgehead atoms. The maximum Gasteiger partial charge on any atom is 0.337 e. The van der Waals surface area contributed by atoms with E-state index in [1.165, 1.54) is 18.5 Å². The number of sulfonamides is 1. The van der Waals surface area contributed by atoms with Crippen LogP contribution < -0.4 is 10.5 Å². The van der Waals surface area contributed by atoms with Gasteiger partial charge in [0.15, 0.2) is 0 Å². The number of carboxylic acids is 1. The molecule has 1 heterocycles. The summed E-state index contributed by atoms with van der Waals surface area (Å²) in [6.45, 7) is 0. The van der Waals surface area contributed by atoms with E-state index in [2.05, 4.69) is 15.2 Å². The van der Waals surface area contributed by atoms with Crippen molar-refractivity contribution in [2.45, 2.75) is 4.90 Å². The van der Waals surface area contributed by atoms with Crippen LogP contribution in [0, 0.1) is 0 Å². The summed E-state index contributed by atoms with van der Waals surface area (Å²) in [5.74, 6) is -1.66. The molecule has 0 saturated carbocycles. The molecule has 0 atom stereocenters. The van der Waals surface area contributed by atoms with Crippen LogP contribution in [0.3, 0.4) is 0 Å². The fourth-order valence-electron chi connectivity index (χ4n) is 1.41. The Labute approximate surface area is 113 Å². The largest absolute Gasteiger partial charge is 0.478 e. The molecule has 1 aromatic carbocycles. The first kappa shape index (κ1) is 13.7. The van der Waals surface area contributed by atoms with Gasteiger partial charge in [-0.15, -0.1) is 5.10 Å². The fraction of sp³-hybridized carbons (Fsp3) is 0. The zero-order chi connectivity index (χ0) is 14.8. The monoisotopic (exact) mass is 295 g/mol. The van der Waals surface area contributed by atoms with Gasteiger partial charge in [-0.3, -0.25) is 0 Å². The van der Waals surface area contributed by atoms with Gasteiger partial charge in [0.05, 0.1) is 18.0 Å². The second kappa shape index (κ2) is 5.09. The maximum absolute atomic E-state index is 12.1. The maximum atomic E-state index is 12.1. The molecule has 104 valence electrons. The number of carboxylic acid groups (broad SMARTS) is 1. The Hall–Kier alpha value is -2.75. The van der Waals surface area contributed by atoms with Gasteiger partial charge in [0.25, 0.3) is 16.0 Å². The molecule has 2 aromatic rings. The van der Waals surface area contributed by atoms with Crippen LogP contribution in [0.4, 0.5) is 11.6 Å². The third kappa shape index (κ3) is 2.80. The van der Waals surface area contributed by atoms with Crippen LogP contribution in [0.2, 0.25) is 0 Å². The minimum atomic E-state index is -4.19. The number of hydrogen-bond acceptors (Lipinski definition) is 7. The normalized spacial score (nSPS) is 11.0. The highest BCUT2D eigenvalue weighted by Crippen LogP contribution is 2.21. The molecule has 0 aliphatic carbocycles. The molecule has 1 aromatic heterocycles. The van der Waals surface area contributed by atoms with Crippen molar-refractivity contribution in [1.82, 2.24) is 15.2 Å². The Kier molecular flexibility index (Phi) is 3.48. The summed E-state index contributed by atoms with van der Waals surface area (Å²) in [5, 5.41) is 15.9. The van der Waals surface area contributed by atoms with Gasteiger partial charge >= 0.3 is 5.97 Å². The minimum Gasteiger partial charge on any atom is -0.478 e. The van der Waals surface area contributed by atoms with Gasteiger partial charge in [-0.1, -0.05) is 0 Å². The van der Waals surface area contributed by atoms with Crippen molar-refractivity contribution in [3.05, 3.63) is 36.2 Å². The number of benzene rings is 1. The first-order valence-electron chi connectivity index (χ1n) is 5.19. The van der Waals surface area contributed by atoms with E-state index in [0.29, 0.717) is 0 Å². The Balaban J connectivity index is 2.49. The van der Waals surface area contributed by atoms with Crippen LogP contribution >= 0.6 is 0 Å². The molecule has 0 aliphatic rings. The van der Waals surface area contributed by atoms with Crippen LogP contribution in [0.25, 0.3) is 0 Å². The van der Waals surface area contributed by atoms with Crippen LogP contribution in [0.1, 0.15) is 10.4 Å². The number of rotatable bonds is 4. The summed E-state index contributed by atoms with van der Waals surface area (Å²) >= 11 is 0. The lowest BCUT2D eigenvalue weighted by molar-refractivity contribution is 0.0692. The molecule has 0 spiro atoms. The summed E-state index contributed by atoms with van der Waals surface area (Å²) < 4.78 is 26.3. The predicted octanol–water partition coefficient (Wildman–Crippen LogP) is -0.0472. The number of anilines is 2. The highest BCUT2D eigenvalue weighted by molar-refractivity contribution is 7.92. The van der Waals surface area contributed by atoms with Gasteiger partial charge in [0.1, 0.15) is 4.90 Å². The van der Waals surface area contributed by atoms with Crippen molar-refractivity contribution in [3.8, 4) is 0 Å². The first-order chi connectivity index (χ1) is 9.40. The summed E-state index contributed by atoms with van der Waals surface area (Å²) in [6.07, 6.45) is 2.50. The molecule has 0 fully saturated rings. The van der Waals surface area contributed by atoms with Crippen LogP contribution in [-0.2, 0) is 10.0 Å². The van der Waals surface area contributed by atoms with Gasteiger partial charge < -0.3 is 10.8 Å². The van der Waals surface area contributed by atoms with Gasteiger partial charge in [-0.25, -0.2) is 22.9 Å². The SMILES string of the molecule is Nc1ccc(C(=O)O)c(S(=O)(=O)Nc2nccnn2)c1. The lowest BCUT2D eigenvalue weighted by atomic mass is 10.2. The molecule has 0 saturated heterocycles. The number of nitrogen functional groups attached to an aromatic ring is 1. The number of carbonyl (C=O) groups is 1. The van der Waals surface area contributed by atoms with Gasteiger partial charge in [0, 0.05) is 5.69 Å². The highest BCUT2D eigenvalue weighted by atomic mass is 32.2. The number of nitrogens with two attached hydrogens (primary N) is 1. The van der Waals surface area contributed by atoms with Gasteiger partial charge in [-0.05, 0) is 18.2 Å². The van der Waals surface area contributed by atoms with E-state index in [0.717, 1.165) is 12.1 Å². The number of aromatic nitrogens is 3. The Morgan fingerprint density at radius 1 is 1.30 bits per heavy atom. The van der Waals surface area contributed by atoms with Crippen molar-refractivity contribution in [2.24, 2.45) is 0 Å². The zero-order valence-electron chi connectivity index (χ0n) is 9.89. The Morgan fingerprint density at radius 2 is 2.05 bits per heavy atom. The fourth-order valence-corrected chi connectivity index (χ4v) is 2.59. The third-order valence-corrected chi connectivity index (χ3v) is 3.60. The van der Waals surface area contributed by atoms with E-state index in [-0.39, 0.29) is 11.6 Å². The lowest BCUT2D eigenvalue weighted by Gasteiger charge is -2.09. The standard InChI is InChI=1S/C10H9N5O4S/c11-6-1-2-7(9(16)17)8(5-6)20(18,19)15-10-12-3-4-13-14-10/h1-5H,11H2,(H,16,17)(H,12,14,15). The van der Waals surface area contributed by atoms with Crippen molar-refractivity contribution >= 4 is 27.6 Å². The minimum absolute atomic E-state index is 0.113. The van der Waals surface area contributed by atoms with Crippen molar-refractivity contribution in [2.75, 3.05) is 10.5 Å². The van der Waals surface area contributed by atoms with Crippen molar-refractivity contribution in [1.29, 1.82) is 0 Å². The summed E-state index contributed by atoms with van der Waals surface area (Å²) in [7, 11) is -4.19. The smallest absolute Gasteiger partial charge is 0.337 e. The molecule has 9 nitrogen and oxygen atoms in total. The second-order valence-electron chi connectivity index (χ2n) is 3.63. The van der Waals surface area contributed by atoms with Crippen LogP contribution in [0.15, 0.2) is 35.5 Å². The molecule has 0 radical (unpaired) electrons. The van der Waals surface area contributed by atoms with E-state index in [4.69, 9.17) is 10.8 Å². The van der Waals surface area contributed by atoms with Gasteiger partial charge in [0.2, 0.25) is 0 Å². The predicted molar refractivity (Wildman–Crippen MR) is 68.4 cm³/mol. The van der Waals surface area contributed by atoms with E-state index >= 15 is 0 Å². The molecule has 4 N–H and O–H groups in total. The Bertz CT molecular complexity index is 747. The van der Waals surface area contributed by atoms with E-state index in [1.54, 1.807) is 0 Å². The molecule has 0 unspecified atom stereocenters. The zero-order valence-corrected chi connectivity index (χ0v) is 10.7. The summed E-state index contributed by atoms with van der Waals surface area (Å²) in [6, 6.07) is 3.45. The summed E-state index contributed by atoms with van der Waals surface area (Å²) in [5.41, 5.74) is 5.20. The van der Waals surface area contributed by atoms with Crippen molar-refractivity contribution in [3.63, 3.8) is 0 Å². The molecular formula is C10H9N5O4S. The first-order valence-corrected chi connectivity index (χ1v) is 6.68. The van der Waals surface area contributed by atoms with E-state index in [9.17, 15) is 13.2 Å². The van der Waals surface area contributed by atoms with Crippen LogP contribution in [-0.4, -0.2) is 34.7 Å². The molecule has 2 rings (SSSR count). The molecule has 10 heteroatoms. The average Bonchev–Trinajstić information content (AvgIpc) is 2.39.